The van der Waals surface area contributed by atoms with E-state index in [-0.39, 0.29) is 35.2 Å². The van der Waals surface area contributed by atoms with Gasteiger partial charge in [-0.1, -0.05) is 44.2 Å². The van der Waals surface area contributed by atoms with Gasteiger partial charge in [-0.05, 0) is 86.2 Å². The zero-order valence-corrected chi connectivity index (χ0v) is 28.6. The fraction of sp³-hybridized carbons (Fsp3) is 0.333. The van der Waals surface area contributed by atoms with Gasteiger partial charge in [0, 0.05) is 49.1 Å². The van der Waals surface area contributed by atoms with Gasteiger partial charge in [0.1, 0.15) is 17.6 Å². The van der Waals surface area contributed by atoms with Gasteiger partial charge in [0.05, 0.1) is 12.8 Å². The van der Waals surface area contributed by atoms with E-state index < -0.39 is 11.8 Å². The number of piperidine rings is 1. The Bertz CT molecular complexity index is 1710. The highest BCUT2D eigenvalue weighted by molar-refractivity contribution is 6.04. The van der Waals surface area contributed by atoms with Gasteiger partial charge < -0.3 is 30.2 Å². The predicted molar refractivity (Wildman–Crippen MR) is 190 cm³/mol. The minimum atomic E-state index is -0.671. The van der Waals surface area contributed by atoms with Crippen LogP contribution in [0.15, 0.2) is 84.9 Å². The number of ether oxygens (including phenoxy) is 3. The van der Waals surface area contributed by atoms with Crippen molar-refractivity contribution >= 4 is 23.3 Å². The molecule has 4 aromatic carbocycles. The van der Waals surface area contributed by atoms with Crippen LogP contribution in [0, 0.1) is 12.7 Å². The summed E-state index contributed by atoms with van der Waals surface area (Å²) < 4.78 is 32.5. The van der Waals surface area contributed by atoms with Crippen molar-refractivity contribution in [3.05, 3.63) is 107 Å². The second-order valence-corrected chi connectivity index (χ2v) is 12.2. The molecule has 9 nitrogen and oxygen atoms in total. The number of anilines is 2. The van der Waals surface area contributed by atoms with Crippen LogP contribution < -0.4 is 30.2 Å². The number of rotatable bonds is 13. The molecule has 1 saturated heterocycles. The third kappa shape index (κ3) is 9.73. The lowest BCUT2D eigenvalue weighted by atomic mass is 10.1. The molecule has 0 saturated carbocycles. The minimum absolute atomic E-state index is 0.00545. The van der Waals surface area contributed by atoms with E-state index >= 15 is 0 Å². The van der Waals surface area contributed by atoms with E-state index in [2.05, 4.69) is 45.1 Å². The normalized spacial score (nSPS) is 13.5. The van der Waals surface area contributed by atoms with E-state index in [0.717, 1.165) is 62.7 Å². The van der Waals surface area contributed by atoms with Crippen LogP contribution in [-0.4, -0.2) is 49.2 Å². The summed E-state index contributed by atoms with van der Waals surface area (Å²) in [7, 11) is 1.43. The minimum Gasteiger partial charge on any atom is -0.493 e. The van der Waals surface area contributed by atoms with Crippen LogP contribution in [0.3, 0.4) is 0 Å². The summed E-state index contributed by atoms with van der Waals surface area (Å²) in [5.41, 5.74) is 3.28. The zero-order valence-electron chi connectivity index (χ0n) is 28.6. The molecule has 1 heterocycles. The quantitative estimate of drug-likeness (QED) is 0.132. The average molecular weight is 669 g/mol. The van der Waals surface area contributed by atoms with Crippen molar-refractivity contribution in [2.24, 2.45) is 0 Å². The molecule has 10 heteroatoms. The lowest BCUT2D eigenvalue weighted by molar-refractivity contribution is 0.0961. The molecule has 3 N–H and O–H groups in total. The van der Waals surface area contributed by atoms with E-state index in [1.165, 1.54) is 18.7 Å². The lowest BCUT2D eigenvalue weighted by Gasteiger charge is -2.32. The fourth-order valence-corrected chi connectivity index (χ4v) is 5.77. The molecule has 4 aromatic rings. The standard InChI is InChI=1S/C39H45FN4O5/c1-5-29(6-2)42-39(46)43-34-24-36(47-4)37(23-33(34)40)49-31-15-13-30(14-16-31)41-38(45)28-12-17-35(26(3)22-28)48-32-18-20-44(21-19-32)25-27-10-8-7-9-11-27/h7-17,22-24,29,32H,5-6,18-21,25H2,1-4H3,(H,41,45)(H2,42,43,46). The summed E-state index contributed by atoms with van der Waals surface area (Å²) >= 11 is 0. The predicted octanol–water partition coefficient (Wildman–Crippen LogP) is 8.54. The summed E-state index contributed by atoms with van der Waals surface area (Å²) in [6, 6.07) is 24.7. The molecule has 258 valence electrons. The first-order valence-corrected chi connectivity index (χ1v) is 16.8. The number of hydrogen-bond acceptors (Lipinski definition) is 6. The van der Waals surface area contributed by atoms with Gasteiger partial charge in [0.2, 0.25) is 0 Å². The highest BCUT2D eigenvalue weighted by Gasteiger charge is 2.22. The lowest BCUT2D eigenvalue weighted by Crippen LogP contribution is -2.37. The number of aryl methyl sites for hydroxylation is 1. The number of hydrogen-bond donors (Lipinski definition) is 3. The fourth-order valence-electron chi connectivity index (χ4n) is 5.77. The van der Waals surface area contributed by atoms with E-state index in [0.29, 0.717) is 17.0 Å². The highest BCUT2D eigenvalue weighted by Crippen LogP contribution is 2.36. The smallest absolute Gasteiger partial charge is 0.319 e. The zero-order chi connectivity index (χ0) is 34.8. The Morgan fingerprint density at radius 2 is 1.59 bits per heavy atom. The number of nitrogens with one attached hydrogen (secondary N) is 3. The molecule has 1 aliphatic rings. The number of carbonyl (C=O) groups is 2. The van der Waals surface area contributed by atoms with Gasteiger partial charge in [-0.15, -0.1) is 0 Å². The van der Waals surface area contributed by atoms with E-state index in [4.69, 9.17) is 14.2 Å². The Morgan fingerprint density at radius 1 is 0.878 bits per heavy atom. The summed E-state index contributed by atoms with van der Waals surface area (Å²) in [5, 5.41) is 8.26. The van der Waals surface area contributed by atoms with Crippen molar-refractivity contribution in [1.29, 1.82) is 0 Å². The molecule has 0 radical (unpaired) electrons. The van der Waals surface area contributed by atoms with Crippen LogP contribution in [0.2, 0.25) is 0 Å². The Kier molecular flexibility index (Phi) is 12.1. The van der Waals surface area contributed by atoms with E-state index in [1.54, 1.807) is 30.3 Å². The molecule has 1 fully saturated rings. The first kappa shape index (κ1) is 35.2. The molecule has 0 aliphatic carbocycles. The molecule has 3 amide bonds. The van der Waals surface area contributed by atoms with Crippen molar-refractivity contribution in [3.63, 3.8) is 0 Å². The van der Waals surface area contributed by atoms with Crippen molar-refractivity contribution < 1.29 is 28.2 Å². The molecule has 0 aromatic heterocycles. The van der Waals surface area contributed by atoms with Gasteiger partial charge in [0.15, 0.2) is 17.3 Å². The Balaban J connectivity index is 1.13. The Morgan fingerprint density at radius 3 is 2.24 bits per heavy atom. The number of amides is 3. The molecule has 0 spiro atoms. The molecule has 1 aliphatic heterocycles. The third-order valence-corrected chi connectivity index (χ3v) is 8.68. The summed E-state index contributed by atoms with van der Waals surface area (Å²) in [6.45, 7) is 8.81. The molecule has 0 unspecified atom stereocenters. The maximum atomic E-state index is 14.9. The summed E-state index contributed by atoms with van der Waals surface area (Å²) in [5.74, 6) is 0.658. The topological polar surface area (TPSA) is 101 Å². The molecular weight excluding hydrogens is 623 g/mol. The van der Waals surface area contributed by atoms with E-state index in [1.807, 2.05) is 39.0 Å². The number of nitrogens with zero attached hydrogens (tertiary/aromatic N) is 1. The van der Waals surface area contributed by atoms with Crippen LogP contribution in [0.5, 0.6) is 23.0 Å². The van der Waals surface area contributed by atoms with Crippen LogP contribution in [0.1, 0.15) is 61.0 Å². The molecule has 0 atom stereocenters. The van der Waals surface area contributed by atoms with Crippen LogP contribution in [-0.2, 0) is 6.54 Å². The number of urea groups is 1. The molecule has 49 heavy (non-hydrogen) atoms. The van der Waals surface area contributed by atoms with Gasteiger partial charge in [0.25, 0.3) is 5.91 Å². The maximum absolute atomic E-state index is 14.9. The van der Waals surface area contributed by atoms with Gasteiger partial charge in [-0.25, -0.2) is 9.18 Å². The Hall–Kier alpha value is -5.09. The summed E-state index contributed by atoms with van der Waals surface area (Å²) in [6.07, 6.45) is 3.58. The average Bonchev–Trinajstić information content (AvgIpc) is 3.11. The van der Waals surface area contributed by atoms with Crippen LogP contribution >= 0.6 is 0 Å². The van der Waals surface area contributed by atoms with Gasteiger partial charge >= 0.3 is 6.03 Å². The Labute approximate surface area is 287 Å². The van der Waals surface area contributed by atoms with Crippen LogP contribution in [0.25, 0.3) is 0 Å². The van der Waals surface area contributed by atoms with Crippen molar-refractivity contribution in [2.45, 2.75) is 65.1 Å². The summed E-state index contributed by atoms with van der Waals surface area (Å²) in [4.78, 5) is 27.9. The number of carbonyl (C=O) groups excluding carboxylic acids is 2. The van der Waals surface area contributed by atoms with Gasteiger partial charge in [-0.3, -0.25) is 9.69 Å². The monoisotopic (exact) mass is 668 g/mol. The second-order valence-electron chi connectivity index (χ2n) is 12.2. The number of halogens is 1. The van der Waals surface area contributed by atoms with Crippen LogP contribution in [0.4, 0.5) is 20.6 Å². The second kappa shape index (κ2) is 16.8. The molecule has 5 rings (SSSR count). The number of methoxy groups -OCH3 is 1. The SMILES string of the molecule is CCC(CC)NC(=O)Nc1cc(OC)c(Oc2ccc(NC(=O)c3ccc(OC4CCN(Cc5ccccc5)CC4)c(C)c3)cc2)cc1F. The maximum Gasteiger partial charge on any atom is 0.319 e. The van der Waals surface area contributed by atoms with E-state index in [9.17, 15) is 14.0 Å². The van der Waals surface area contributed by atoms with Crippen molar-refractivity contribution in [1.82, 2.24) is 10.2 Å². The van der Waals surface area contributed by atoms with Crippen molar-refractivity contribution in [2.75, 3.05) is 30.8 Å². The highest BCUT2D eigenvalue weighted by atomic mass is 19.1. The largest absolute Gasteiger partial charge is 0.493 e. The van der Waals surface area contributed by atoms with Gasteiger partial charge in [-0.2, -0.15) is 0 Å². The van der Waals surface area contributed by atoms with Crippen molar-refractivity contribution in [3.8, 4) is 23.0 Å². The number of benzene rings is 4. The molecular formula is C39H45FN4O5. The molecule has 0 bridgehead atoms. The third-order valence-electron chi connectivity index (χ3n) is 8.68. The first-order valence-electron chi connectivity index (χ1n) is 16.8. The first-order chi connectivity index (χ1) is 23.7. The number of likely N-dealkylation sites (tertiary alicyclic amines) is 1.